The van der Waals surface area contributed by atoms with Gasteiger partial charge in [-0.05, 0) is 31.9 Å². The summed E-state index contributed by atoms with van der Waals surface area (Å²) in [7, 11) is 0. The van der Waals surface area contributed by atoms with E-state index in [-0.39, 0.29) is 5.91 Å². The van der Waals surface area contributed by atoms with Gasteiger partial charge >= 0.3 is 0 Å². The van der Waals surface area contributed by atoms with Crippen LogP contribution in [0.4, 0.5) is 5.95 Å². The van der Waals surface area contributed by atoms with Crippen molar-refractivity contribution in [2.24, 2.45) is 0 Å². The van der Waals surface area contributed by atoms with Crippen LogP contribution in [0.5, 0.6) is 0 Å². The normalized spacial score (nSPS) is 17.4. The number of hydrogen-bond donors (Lipinski definition) is 1. The van der Waals surface area contributed by atoms with E-state index >= 15 is 0 Å². The summed E-state index contributed by atoms with van der Waals surface area (Å²) in [6.45, 7) is 4.21. The molecule has 0 aliphatic carbocycles. The Labute approximate surface area is 156 Å². The third kappa shape index (κ3) is 3.39. The van der Waals surface area contributed by atoms with E-state index in [1.54, 1.807) is 23.7 Å². The van der Waals surface area contributed by atoms with Crippen LogP contribution in [0.2, 0.25) is 0 Å². The van der Waals surface area contributed by atoms with E-state index in [1.165, 1.54) is 4.70 Å². The third-order valence-corrected chi connectivity index (χ3v) is 5.80. The maximum absolute atomic E-state index is 12.8. The number of thiazole rings is 1. The van der Waals surface area contributed by atoms with E-state index < -0.39 is 0 Å². The Morgan fingerprint density at radius 2 is 2.12 bits per heavy atom. The molecule has 1 aliphatic heterocycles. The molecule has 1 saturated heterocycles. The van der Waals surface area contributed by atoms with Crippen molar-refractivity contribution in [3.8, 4) is 0 Å². The first-order valence-electron chi connectivity index (χ1n) is 8.95. The lowest BCUT2D eigenvalue weighted by Gasteiger charge is -2.31. The summed E-state index contributed by atoms with van der Waals surface area (Å²) in [5, 5.41) is 4.17. The number of aromatic nitrogens is 3. The molecule has 1 fully saturated rings. The third-order valence-electron chi connectivity index (χ3n) is 4.60. The summed E-state index contributed by atoms with van der Waals surface area (Å²) >= 11 is 1.74. The lowest BCUT2D eigenvalue weighted by Crippen LogP contribution is -2.39. The number of likely N-dealkylation sites (tertiary alicyclic amines) is 1. The van der Waals surface area contributed by atoms with Crippen molar-refractivity contribution in [1.82, 2.24) is 19.9 Å². The number of nitrogens with zero attached hydrogens (tertiary/aromatic N) is 4. The largest absolute Gasteiger partial charge is 0.355 e. The smallest absolute Gasteiger partial charge is 0.257 e. The first kappa shape index (κ1) is 16.9. The van der Waals surface area contributed by atoms with E-state index in [2.05, 4.69) is 21.4 Å². The Balaban J connectivity index is 1.49. The SMILES string of the molecule is CCNc1ncc(C(=O)N2CCCC(c3nc4ccccc4s3)C2)cn1. The maximum Gasteiger partial charge on any atom is 0.257 e. The number of fused-ring (bicyclic) bond motifs is 1. The Morgan fingerprint density at radius 1 is 1.31 bits per heavy atom. The molecule has 1 unspecified atom stereocenters. The number of nitrogens with one attached hydrogen (secondary N) is 1. The zero-order valence-corrected chi connectivity index (χ0v) is 15.5. The van der Waals surface area contributed by atoms with Crippen LogP contribution in [0.3, 0.4) is 0 Å². The Morgan fingerprint density at radius 3 is 2.88 bits per heavy atom. The number of rotatable bonds is 4. The topological polar surface area (TPSA) is 71.0 Å². The average Bonchev–Trinajstić information content (AvgIpc) is 3.13. The van der Waals surface area contributed by atoms with Crippen molar-refractivity contribution < 1.29 is 4.79 Å². The van der Waals surface area contributed by atoms with E-state index in [0.717, 1.165) is 36.5 Å². The Hall–Kier alpha value is -2.54. The highest BCUT2D eigenvalue weighted by molar-refractivity contribution is 7.18. The van der Waals surface area contributed by atoms with Gasteiger partial charge < -0.3 is 10.2 Å². The summed E-state index contributed by atoms with van der Waals surface area (Å²) in [5.74, 6) is 0.848. The van der Waals surface area contributed by atoms with Crippen molar-refractivity contribution in [2.75, 3.05) is 25.0 Å². The van der Waals surface area contributed by atoms with Gasteiger partial charge in [0.15, 0.2) is 0 Å². The van der Waals surface area contributed by atoms with Crippen LogP contribution in [-0.2, 0) is 0 Å². The second kappa shape index (κ2) is 7.37. The number of anilines is 1. The second-order valence-corrected chi connectivity index (χ2v) is 7.50. The molecule has 3 aromatic rings. The molecule has 0 bridgehead atoms. The predicted molar refractivity (Wildman–Crippen MR) is 104 cm³/mol. The fourth-order valence-electron chi connectivity index (χ4n) is 3.30. The van der Waals surface area contributed by atoms with Crippen molar-refractivity contribution in [3.63, 3.8) is 0 Å². The fraction of sp³-hybridized carbons (Fsp3) is 0.368. The average molecular weight is 367 g/mol. The first-order valence-corrected chi connectivity index (χ1v) is 9.77. The molecule has 0 radical (unpaired) electrons. The minimum atomic E-state index is -0.00106. The van der Waals surface area contributed by atoms with Gasteiger partial charge in [-0.15, -0.1) is 11.3 Å². The highest BCUT2D eigenvalue weighted by Gasteiger charge is 2.27. The number of amides is 1. The molecular formula is C19H21N5OS. The molecule has 134 valence electrons. The van der Waals surface area contributed by atoms with Gasteiger partial charge in [0, 0.05) is 37.9 Å². The molecule has 0 saturated carbocycles. The number of carbonyl (C=O) groups excluding carboxylic acids is 1. The van der Waals surface area contributed by atoms with Crippen molar-refractivity contribution in [3.05, 3.63) is 47.2 Å². The summed E-state index contributed by atoms with van der Waals surface area (Å²) in [5.41, 5.74) is 1.58. The molecule has 2 aromatic heterocycles. The lowest BCUT2D eigenvalue weighted by atomic mass is 9.98. The second-order valence-electron chi connectivity index (χ2n) is 6.44. The zero-order valence-electron chi connectivity index (χ0n) is 14.7. The van der Waals surface area contributed by atoms with Crippen LogP contribution < -0.4 is 5.32 Å². The molecule has 3 heterocycles. The highest BCUT2D eigenvalue weighted by Crippen LogP contribution is 2.33. The van der Waals surface area contributed by atoms with Crippen LogP contribution in [0.25, 0.3) is 10.2 Å². The van der Waals surface area contributed by atoms with Crippen molar-refractivity contribution in [2.45, 2.75) is 25.7 Å². The first-order chi connectivity index (χ1) is 12.7. The standard InChI is InChI=1S/C19H21N5OS/c1-2-20-19-21-10-14(11-22-19)18(25)24-9-5-6-13(12-24)17-23-15-7-3-4-8-16(15)26-17/h3-4,7-8,10-11,13H,2,5-6,9,12H2,1H3,(H,20,21,22). The summed E-state index contributed by atoms with van der Waals surface area (Å²) in [4.78, 5) is 27.9. The number of benzene rings is 1. The summed E-state index contributed by atoms with van der Waals surface area (Å²) in [6.07, 6.45) is 5.27. The van der Waals surface area contributed by atoms with E-state index in [4.69, 9.17) is 4.98 Å². The van der Waals surface area contributed by atoms with Crippen LogP contribution in [0, 0.1) is 0 Å². The predicted octanol–water partition coefficient (Wildman–Crippen LogP) is 3.54. The van der Waals surface area contributed by atoms with Gasteiger partial charge in [0.2, 0.25) is 5.95 Å². The fourth-order valence-corrected chi connectivity index (χ4v) is 4.39. The van der Waals surface area contributed by atoms with Gasteiger partial charge in [-0.3, -0.25) is 4.79 Å². The van der Waals surface area contributed by atoms with E-state index in [1.807, 2.05) is 30.0 Å². The van der Waals surface area contributed by atoms with Crippen LogP contribution in [0.1, 0.15) is 41.0 Å². The van der Waals surface area contributed by atoms with Gasteiger partial charge in [-0.2, -0.15) is 0 Å². The van der Waals surface area contributed by atoms with Crippen LogP contribution >= 0.6 is 11.3 Å². The highest BCUT2D eigenvalue weighted by atomic mass is 32.1. The minimum Gasteiger partial charge on any atom is -0.355 e. The van der Waals surface area contributed by atoms with Gasteiger partial charge in [0.05, 0.1) is 20.8 Å². The molecule has 7 heteroatoms. The van der Waals surface area contributed by atoms with Crippen LogP contribution in [0.15, 0.2) is 36.7 Å². The van der Waals surface area contributed by atoms with Crippen molar-refractivity contribution in [1.29, 1.82) is 0 Å². The monoisotopic (exact) mass is 367 g/mol. The van der Waals surface area contributed by atoms with Gasteiger partial charge in [0.1, 0.15) is 0 Å². The van der Waals surface area contributed by atoms with Crippen molar-refractivity contribution >= 4 is 33.4 Å². The van der Waals surface area contributed by atoms with Crippen LogP contribution in [-0.4, -0.2) is 45.4 Å². The maximum atomic E-state index is 12.8. The Bertz CT molecular complexity index is 875. The quantitative estimate of drug-likeness (QED) is 0.764. The molecule has 6 nitrogen and oxygen atoms in total. The summed E-state index contributed by atoms with van der Waals surface area (Å²) in [6, 6.07) is 8.20. The molecule has 26 heavy (non-hydrogen) atoms. The van der Waals surface area contributed by atoms with Gasteiger partial charge in [-0.1, -0.05) is 12.1 Å². The number of para-hydroxylation sites is 1. The van der Waals surface area contributed by atoms with Gasteiger partial charge in [-0.25, -0.2) is 15.0 Å². The van der Waals surface area contributed by atoms with Gasteiger partial charge in [0.25, 0.3) is 5.91 Å². The van der Waals surface area contributed by atoms with E-state index in [9.17, 15) is 4.79 Å². The Kier molecular flexibility index (Phi) is 4.79. The number of hydrogen-bond acceptors (Lipinski definition) is 6. The molecule has 4 rings (SSSR count). The zero-order chi connectivity index (χ0) is 17.9. The number of carbonyl (C=O) groups is 1. The summed E-state index contributed by atoms with van der Waals surface area (Å²) < 4.78 is 1.21. The molecule has 0 spiro atoms. The molecule has 1 atom stereocenters. The number of piperidine rings is 1. The molecule has 1 aromatic carbocycles. The molecule has 1 N–H and O–H groups in total. The molecule has 1 aliphatic rings. The molecular weight excluding hydrogens is 346 g/mol. The molecule has 1 amide bonds. The van der Waals surface area contributed by atoms with E-state index in [0.29, 0.717) is 24.0 Å². The minimum absolute atomic E-state index is 0.00106. The lowest BCUT2D eigenvalue weighted by molar-refractivity contribution is 0.0706.